The van der Waals surface area contributed by atoms with Gasteiger partial charge in [0, 0.05) is 54.1 Å². The Bertz CT molecular complexity index is 183. The molecule has 0 aromatic heterocycles. The third kappa shape index (κ3) is 1.30. The summed E-state index contributed by atoms with van der Waals surface area (Å²) >= 11 is 2.49. The number of hydrogen-bond acceptors (Lipinski definition) is 2. The Morgan fingerprint density at radius 1 is 1.25 bits per heavy atom. The molecule has 2 rings (SSSR count). The van der Waals surface area contributed by atoms with Gasteiger partial charge >= 0.3 is 0 Å². The first-order valence-electron chi connectivity index (χ1n) is 4.81. The summed E-state index contributed by atoms with van der Waals surface area (Å²) in [4.78, 5) is 2.60. The van der Waals surface area contributed by atoms with Gasteiger partial charge in [0.15, 0.2) is 0 Å². The lowest BCUT2D eigenvalue weighted by molar-refractivity contribution is 0.105. The van der Waals surface area contributed by atoms with E-state index in [1.54, 1.807) is 0 Å². The predicted octanol–water partition coefficient (Wildman–Crippen LogP) is 1.90. The molecule has 2 saturated heterocycles. The zero-order chi connectivity index (χ0) is 8.77. The molecule has 70 valence electrons. The van der Waals surface area contributed by atoms with Crippen molar-refractivity contribution in [3.63, 3.8) is 0 Å². The fraction of sp³-hybridized carbons (Fsp3) is 1.00. The Labute approximate surface area is 88.8 Å². The Morgan fingerprint density at radius 2 is 1.92 bits per heavy atom. The first-order chi connectivity index (χ1) is 5.64. The molecule has 1 unspecified atom stereocenters. The van der Waals surface area contributed by atoms with E-state index in [4.69, 9.17) is 0 Å². The van der Waals surface area contributed by atoms with Gasteiger partial charge < -0.3 is 0 Å². The fourth-order valence-electron chi connectivity index (χ4n) is 2.24. The standard InChI is InChI=1S/C9H17IN2/c1-8(2)11-5-3-9(7-11)4-6-12(9)10/h8H,3-7H2,1-2H3. The number of halogens is 1. The van der Waals surface area contributed by atoms with Crippen molar-refractivity contribution in [2.75, 3.05) is 19.6 Å². The van der Waals surface area contributed by atoms with E-state index >= 15 is 0 Å². The van der Waals surface area contributed by atoms with Crippen molar-refractivity contribution >= 4 is 22.9 Å². The lowest BCUT2D eigenvalue weighted by Crippen LogP contribution is -2.56. The van der Waals surface area contributed by atoms with Gasteiger partial charge in [-0.1, -0.05) is 0 Å². The molecule has 0 radical (unpaired) electrons. The van der Waals surface area contributed by atoms with Crippen molar-refractivity contribution in [2.45, 2.75) is 38.3 Å². The molecule has 2 heterocycles. The highest BCUT2D eigenvalue weighted by Gasteiger charge is 2.48. The fourth-order valence-corrected chi connectivity index (χ4v) is 3.12. The minimum absolute atomic E-state index is 0.574. The Kier molecular flexibility index (Phi) is 2.38. The van der Waals surface area contributed by atoms with Crippen LogP contribution >= 0.6 is 22.9 Å². The summed E-state index contributed by atoms with van der Waals surface area (Å²) in [6.45, 7) is 8.50. The van der Waals surface area contributed by atoms with Gasteiger partial charge in [0.05, 0.1) is 0 Å². The summed E-state index contributed by atoms with van der Waals surface area (Å²) < 4.78 is 2.51. The molecule has 0 aliphatic carbocycles. The van der Waals surface area contributed by atoms with E-state index in [-0.39, 0.29) is 0 Å². The molecule has 1 spiro atoms. The number of hydrogen-bond donors (Lipinski definition) is 0. The molecule has 0 N–H and O–H groups in total. The monoisotopic (exact) mass is 280 g/mol. The lowest BCUT2D eigenvalue weighted by Gasteiger charge is -2.47. The van der Waals surface area contributed by atoms with E-state index in [2.05, 4.69) is 44.7 Å². The van der Waals surface area contributed by atoms with Crippen LogP contribution in [0.25, 0.3) is 0 Å². The summed E-state index contributed by atoms with van der Waals surface area (Å²) in [7, 11) is 0. The third-order valence-electron chi connectivity index (χ3n) is 3.38. The minimum Gasteiger partial charge on any atom is -0.299 e. The van der Waals surface area contributed by atoms with E-state index in [1.807, 2.05) is 0 Å². The van der Waals surface area contributed by atoms with E-state index in [0.29, 0.717) is 5.54 Å². The third-order valence-corrected chi connectivity index (χ3v) is 4.89. The molecule has 0 bridgehead atoms. The largest absolute Gasteiger partial charge is 0.299 e. The van der Waals surface area contributed by atoms with Crippen molar-refractivity contribution in [2.24, 2.45) is 0 Å². The van der Waals surface area contributed by atoms with Crippen molar-refractivity contribution < 1.29 is 0 Å². The molecule has 2 aliphatic rings. The quantitative estimate of drug-likeness (QED) is 0.534. The van der Waals surface area contributed by atoms with Gasteiger partial charge in [-0.3, -0.25) is 4.90 Å². The Hall–Kier alpha value is 0.650. The first-order valence-corrected chi connectivity index (χ1v) is 5.78. The summed E-state index contributed by atoms with van der Waals surface area (Å²) in [5, 5.41) is 0. The van der Waals surface area contributed by atoms with Gasteiger partial charge in [-0.25, -0.2) is 3.11 Å². The summed E-state index contributed by atoms with van der Waals surface area (Å²) in [6.07, 6.45) is 2.80. The summed E-state index contributed by atoms with van der Waals surface area (Å²) in [5.74, 6) is 0. The van der Waals surface area contributed by atoms with E-state index in [0.717, 1.165) is 6.04 Å². The smallest absolute Gasteiger partial charge is 0.0456 e. The van der Waals surface area contributed by atoms with E-state index in [1.165, 1.54) is 32.5 Å². The molecule has 0 aromatic carbocycles. The van der Waals surface area contributed by atoms with Crippen molar-refractivity contribution in [1.82, 2.24) is 8.01 Å². The van der Waals surface area contributed by atoms with Gasteiger partial charge in [0.1, 0.15) is 0 Å². The molecule has 0 aromatic rings. The molecular weight excluding hydrogens is 263 g/mol. The Balaban J connectivity index is 1.97. The molecule has 0 amide bonds. The second-order valence-corrected chi connectivity index (χ2v) is 5.54. The molecule has 2 fully saturated rings. The van der Waals surface area contributed by atoms with Crippen molar-refractivity contribution in [3.05, 3.63) is 0 Å². The van der Waals surface area contributed by atoms with Crippen LogP contribution in [0.3, 0.4) is 0 Å². The van der Waals surface area contributed by atoms with E-state index in [9.17, 15) is 0 Å². The zero-order valence-corrected chi connectivity index (χ0v) is 10.0. The lowest BCUT2D eigenvalue weighted by atomic mass is 9.87. The van der Waals surface area contributed by atoms with Crippen LogP contribution in [0.2, 0.25) is 0 Å². The molecule has 12 heavy (non-hydrogen) atoms. The van der Waals surface area contributed by atoms with Crippen LogP contribution in [0.5, 0.6) is 0 Å². The van der Waals surface area contributed by atoms with Crippen molar-refractivity contribution in [1.29, 1.82) is 0 Å². The summed E-state index contributed by atoms with van der Waals surface area (Å²) in [5.41, 5.74) is 0.574. The van der Waals surface area contributed by atoms with Gasteiger partial charge in [0.2, 0.25) is 0 Å². The highest BCUT2D eigenvalue weighted by Crippen LogP contribution is 2.41. The Morgan fingerprint density at radius 3 is 2.17 bits per heavy atom. The number of rotatable bonds is 1. The number of nitrogens with zero attached hydrogens (tertiary/aromatic N) is 2. The first kappa shape index (κ1) is 9.21. The highest BCUT2D eigenvalue weighted by atomic mass is 127. The predicted molar refractivity (Wildman–Crippen MR) is 59.4 cm³/mol. The van der Waals surface area contributed by atoms with Gasteiger partial charge in [-0.2, -0.15) is 0 Å². The maximum absolute atomic E-state index is 2.60. The van der Waals surface area contributed by atoms with Crippen LogP contribution in [0.1, 0.15) is 26.7 Å². The van der Waals surface area contributed by atoms with Crippen LogP contribution in [0, 0.1) is 0 Å². The van der Waals surface area contributed by atoms with Crippen LogP contribution in [0.15, 0.2) is 0 Å². The van der Waals surface area contributed by atoms with E-state index < -0.39 is 0 Å². The SMILES string of the molecule is CC(C)N1CCC2(CCN2I)C1. The molecule has 1 atom stereocenters. The van der Waals surface area contributed by atoms with Gasteiger partial charge in [0.25, 0.3) is 0 Å². The average Bonchev–Trinajstić information content (AvgIpc) is 2.48. The molecule has 2 nitrogen and oxygen atoms in total. The van der Waals surface area contributed by atoms with Crippen LogP contribution in [-0.2, 0) is 0 Å². The van der Waals surface area contributed by atoms with Gasteiger partial charge in [-0.05, 0) is 26.7 Å². The number of likely N-dealkylation sites (tertiary alicyclic amines) is 1. The molecular formula is C9H17IN2. The summed E-state index contributed by atoms with van der Waals surface area (Å²) in [6, 6.07) is 0.731. The van der Waals surface area contributed by atoms with Crippen molar-refractivity contribution in [3.8, 4) is 0 Å². The maximum atomic E-state index is 2.60. The normalized spacial score (nSPS) is 38.0. The average molecular weight is 280 g/mol. The molecule has 0 saturated carbocycles. The van der Waals surface area contributed by atoms with Crippen LogP contribution in [0.4, 0.5) is 0 Å². The van der Waals surface area contributed by atoms with Crippen LogP contribution in [-0.4, -0.2) is 39.2 Å². The zero-order valence-electron chi connectivity index (χ0n) is 7.89. The minimum atomic E-state index is 0.574. The second kappa shape index (κ2) is 3.10. The topological polar surface area (TPSA) is 6.48 Å². The van der Waals surface area contributed by atoms with Crippen LogP contribution < -0.4 is 0 Å². The highest BCUT2D eigenvalue weighted by molar-refractivity contribution is 14.1. The van der Waals surface area contributed by atoms with Gasteiger partial charge in [-0.15, -0.1) is 0 Å². The maximum Gasteiger partial charge on any atom is 0.0456 e. The molecule has 3 heteroatoms. The molecule has 2 aliphatic heterocycles. The second-order valence-electron chi connectivity index (χ2n) is 4.37.